The van der Waals surface area contributed by atoms with E-state index in [9.17, 15) is 0 Å². The van der Waals surface area contributed by atoms with Crippen LogP contribution in [0, 0.1) is 0 Å². The minimum Gasteiger partial charge on any atom is -0.345 e. The SMILES string of the molecule is CN1CCCN=C1NN. The fraction of sp³-hybridized carbons (Fsp3) is 0.800. The molecule has 1 aliphatic rings. The monoisotopic (exact) mass is 128 g/mol. The molecule has 1 heterocycles. The van der Waals surface area contributed by atoms with Gasteiger partial charge in [-0.15, -0.1) is 0 Å². The lowest BCUT2D eigenvalue weighted by Gasteiger charge is -2.23. The van der Waals surface area contributed by atoms with Gasteiger partial charge in [0.2, 0.25) is 5.96 Å². The van der Waals surface area contributed by atoms with Gasteiger partial charge in [-0.05, 0) is 6.42 Å². The molecule has 0 saturated carbocycles. The largest absolute Gasteiger partial charge is 0.345 e. The van der Waals surface area contributed by atoms with Crippen LogP contribution in [0.1, 0.15) is 6.42 Å². The first kappa shape index (κ1) is 6.35. The molecular weight excluding hydrogens is 116 g/mol. The van der Waals surface area contributed by atoms with E-state index < -0.39 is 0 Å². The van der Waals surface area contributed by atoms with Gasteiger partial charge < -0.3 is 4.90 Å². The topological polar surface area (TPSA) is 53.6 Å². The molecule has 0 saturated heterocycles. The van der Waals surface area contributed by atoms with Crippen molar-refractivity contribution in [2.45, 2.75) is 6.42 Å². The lowest BCUT2D eigenvalue weighted by atomic mass is 10.4. The summed E-state index contributed by atoms with van der Waals surface area (Å²) >= 11 is 0. The van der Waals surface area contributed by atoms with Gasteiger partial charge in [-0.25, -0.2) is 5.84 Å². The fourth-order valence-corrected chi connectivity index (χ4v) is 0.875. The van der Waals surface area contributed by atoms with Crippen LogP contribution >= 0.6 is 0 Å². The Morgan fingerprint density at radius 3 is 3.00 bits per heavy atom. The molecule has 3 N–H and O–H groups in total. The van der Waals surface area contributed by atoms with Gasteiger partial charge in [-0.2, -0.15) is 0 Å². The maximum absolute atomic E-state index is 5.17. The molecule has 0 aromatic carbocycles. The van der Waals surface area contributed by atoms with Crippen molar-refractivity contribution < 1.29 is 0 Å². The zero-order valence-electron chi connectivity index (χ0n) is 5.59. The first-order valence-electron chi connectivity index (χ1n) is 3.07. The molecule has 4 nitrogen and oxygen atoms in total. The Balaban J connectivity index is 2.53. The van der Waals surface area contributed by atoms with E-state index in [1.165, 1.54) is 0 Å². The van der Waals surface area contributed by atoms with Crippen LogP contribution in [0.2, 0.25) is 0 Å². The van der Waals surface area contributed by atoms with Gasteiger partial charge in [0.25, 0.3) is 0 Å². The molecule has 1 aliphatic heterocycles. The summed E-state index contributed by atoms with van der Waals surface area (Å²) < 4.78 is 0. The summed E-state index contributed by atoms with van der Waals surface area (Å²) in [5.41, 5.74) is 2.53. The van der Waals surface area contributed by atoms with Crippen molar-refractivity contribution in [3.05, 3.63) is 0 Å². The van der Waals surface area contributed by atoms with Crippen molar-refractivity contribution in [1.29, 1.82) is 0 Å². The first-order chi connectivity index (χ1) is 4.34. The summed E-state index contributed by atoms with van der Waals surface area (Å²) in [6, 6.07) is 0. The van der Waals surface area contributed by atoms with E-state index >= 15 is 0 Å². The quantitative estimate of drug-likeness (QED) is 0.330. The number of rotatable bonds is 0. The van der Waals surface area contributed by atoms with Crippen molar-refractivity contribution in [2.24, 2.45) is 10.8 Å². The van der Waals surface area contributed by atoms with E-state index in [2.05, 4.69) is 10.4 Å². The molecule has 0 bridgehead atoms. The van der Waals surface area contributed by atoms with E-state index in [1.54, 1.807) is 0 Å². The van der Waals surface area contributed by atoms with Crippen LogP contribution in [0.25, 0.3) is 0 Å². The molecule has 0 aromatic rings. The molecule has 0 radical (unpaired) electrons. The summed E-state index contributed by atoms with van der Waals surface area (Å²) in [4.78, 5) is 6.14. The van der Waals surface area contributed by atoms with Crippen molar-refractivity contribution in [1.82, 2.24) is 10.3 Å². The molecule has 0 atom stereocenters. The van der Waals surface area contributed by atoms with Gasteiger partial charge in [0.15, 0.2) is 0 Å². The van der Waals surface area contributed by atoms with Gasteiger partial charge in [-0.3, -0.25) is 10.4 Å². The zero-order valence-corrected chi connectivity index (χ0v) is 5.59. The van der Waals surface area contributed by atoms with Gasteiger partial charge >= 0.3 is 0 Å². The highest BCUT2D eigenvalue weighted by Crippen LogP contribution is 1.95. The Hall–Kier alpha value is -0.770. The van der Waals surface area contributed by atoms with E-state index in [0.717, 1.165) is 25.5 Å². The van der Waals surface area contributed by atoms with Crippen LogP contribution in [0.4, 0.5) is 0 Å². The first-order valence-corrected chi connectivity index (χ1v) is 3.07. The van der Waals surface area contributed by atoms with Gasteiger partial charge in [-0.1, -0.05) is 0 Å². The highest BCUT2D eigenvalue weighted by atomic mass is 15.4. The molecule has 9 heavy (non-hydrogen) atoms. The van der Waals surface area contributed by atoms with Crippen molar-refractivity contribution in [2.75, 3.05) is 20.1 Å². The summed E-state index contributed by atoms with van der Waals surface area (Å²) in [7, 11) is 1.97. The molecule has 52 valence electrons. The molecule has 0 aliphatic carbocycles. The number of nitrogens with zero attached hydrogens (tertiary/aromatic N) is 2. The molecule has 1 rings (SSSR count). The van der Waals surface area contributed by atoms with Crippen molar-refractivity contribution in [3.8, 4) is 0 Å². The molecule has 0 fully saturated rings. The summed E-state index contributed by atoms with van der Waals surface area (Å²) in [6.07, 6.45) is 1.13. The van der Waals surface area contributed by atoms with Crippen LogP contribution in [0.5, 0.6) is 0 Å². The van der Waals surface area contributed by atoms with E-state index in [-0.39, 0.29) is 0 Å². The second-order valence-electron chi connectivity index (χ2n) is 2.12. The van der Waals surface area contributed by atoms with E-state index in [0.29, 0.717) is 0 Å². The van der Waals surface area contributed by atoms with Gasteiger partial charge in [0.1, 0.15) is 0 Å². The maximum atomic E-state index is 5.17. The number of nitrogens with two attached hydrogens (primary N) is 1. The van der Waals surface area contributed by atoms with E-state index in [4.69, 9.17) is 5.84 Å². The van der Waals surface area contributed by atoms with Crippen LogP contribution in [0.3, 0.4) is 0 Å². The minimum atomic E-state index is 0.793. The van der Waals surface area contributed by atoms with Gasteiger partial charge in [0.05, 0.1) is 0 Å². The summed E-state index contributed by atoms with van der Waals surface area (Å²) in [5.74, 6) is 5.96. The molecule has 0 aromatic heterocycles. The molecule has 4 heteroatoms. The molecule has 0 unspecified atom stereocenters. The number of hydrazine groups is 1. The Morgan fingerprint density at radius 2 is 2.56 bits per heavy atom. The Bertz CT molecular complexity index is 120. The number of aliphatic imine (C=N–C) groups is 1. The third kappa shape index (κ3) is 1.32. The Labute approximate surface area is 54.7 Å². The molecule has 0 spiro atoms. The third-order valence-corrected chi connectivity index (χ3v) is 1.40. The highest BCUT2D eigenvalue weighted by Gasteiger charge is 2.07. The summed E-state index contributed by atoms with van der Waals surface area (Å²) in [6.45, 7) is 1.94. The normalized spacial score (nSPS) is 19.3. The van der Waals surface area contributed by atoms with Crippen LogP contribution in [-0.4, -0.2) is 31.0 Å². The van der Waals surface area contributed by atoms with Gasteiger partial charge in [0, 0.05) is 20.1 Å². The molecule has 0 amide bonds. The fourth-order valence-electron chi connectivity index (χ4n) is 0.875. The predicted molar refractivity (Wildman–Crippen MR) is 36.9 cm³/mol. The van der Waals surface area contributed by atoms with Crippen molar-refractivity contribution >= 4 is 5.96 Å². The van der Waals surface area contributed by atoms with Crippen LogP contribution in [0.15, 0.2) is 4.99 Å². The second-order valence-corrected chi connectivity index (χ2v) is 2.12. The standard InChI is InChI=1S/C5H12N4/c1-9-4-2-3-7-5(9)8-6/h2-4,6H2,1H3,(H,7,8). The highest BCUT2D eigenvalue weighted by molar-refractivity contribution is 5.79. The number of nitrogens with one attached hydrogen (secondary N) is 1. The zero-order chi connectivity index (χ0) is 6.69. The average molecular weight is 128 g/mol. The number of hydrogen-bond acceptors (Lipinski definition) is 4. The van der Waals surface area contributed by atoms with E-state index in [1.807, 2.05) is 11.9 Å². The number of hydrogen-bond donors (Lipinski definition) is 2. The number of guanidine groups is 1. The lowest BCUT2D eigenvalue weighted by Crippen LogP contribution is -2.45. The van der Waals surface area contributed by atoms with Crippen LogP contribution < -0.4 is 11.3 Å². The third-order valence-electron chi connectivity index (χ3n) is 1.40. The smallest absolute Gasteiger partial charge is 0.208 e. The maximum Gasteiger partial charge on any atom is 0.208 e. The average Bonchev–Trinajstić information content (AvgIpc) is 1.89. The predicted octanol–water partition coefficient (Wildman–Crippen LogP) is -0.859. The Morgan fingerprint density at radius 1 is 1.78 bits per heavy atom. The molecular formula is C5H12N4. The second kappa shape index (κ2) is 2.68. The minimum absolute atomic E-state index is 0.793. The van der Waals surface area contributed by atoms with Crippen LogP contribution in [-0.2, 0) is 0 Å². The summed E-state index contributed by atoms with van der Waals surface area (Å²) in [5, 5.41) is 0. The Kier molecular flexibility index (Phi) is 1.89. The lowest BCUT2D eigenvalue weighted by molar-refractivity contribution is 0.448. The van der Waals surface area contributed by atoms with Crippen molar-refractivity contribution in [3.63, 3.8) is 0 Å².